The summed E-state index contributed by atoms with van der Waals surface area (Å²) in [5.41, 5.74) is -1.02. The van der Waals surface area contributed by atoms with Crippen LogP contribution in [0.1, 0.15) is 13.8 Å². The molecule has 0 aromatic heterocycles. The summed E-state index contributed by atoms with van der Waals surface area (Å²) in [4.78, 5) is 12.3. The van der Waals surface area contributed by atoms with Crippen molar-refractivity contribution in [2.24, 2.45) is 0 Å². The van der Waals surface area contributed by atoms with Gasteiger partial charge in [-0.2, -0.15) is 0 Å². The zero-order chi connectivity index (χ0) is 30.6. The van der Waals surface area contributed by atoms with Crippen molar-refractivity contribution in [1.82, 2.24) is 5.32 Å². The van der Waals surface area contributed by atoms with Crippen molar-refractivity contribution in [1.29, 1.82) is 5.41 Å². The fourth-order valence-electron chi connectivity index (χ4n) is 4.74. The zero-order valence-electron chi connectivity index (χ0n) is 22.6. The molecule has 0 radical (unpaired) electrons. The van der Waals surface area contributed by atoms with Crippen LogP contribution in [0.2, 0.25) is 0 Å². The van der Waals surface area contributed by atoms with E-state index in [1.807, 2.05) is 0 Å². The second-order valence-corrected chi connectivity index (χ2v) is 11.1. The largest absolute Gasteiger partial charge is 0.484 e. The van der Waals surface area contributed by atoms with Crippen LogP contribution in [0.25, 0.3) is 0 Å². The van der Waals surface area contributed by atoms with E-state index in [1.165, 1.54) is 21.0 Å². The van der Waals surface area contributed by atoms with E-state index in [0.29, 0.717) is 0 Å². The standard InChI is InChI=1S/C23H40N2O15S/c1-7-13(29)15(31)17(33)21(36-7)39-19-10(5-27)38-23(41-6-11(24)35-3)12(25-8(2)28)20(19)40-22-18(34)16(32)14(30)9(4-26)37-22/h7,9-10,12-24,26-27,29-34H,4-6H2,1-3H3,(H,25,28)/t7?,9?,10?,12?,13-,14+,15?,16?,17?,18?,19-,20?,21+,22+,23+/m1/s1. The van der Waals surface area contributed by atoms with Crippen LogP contribution in [0.5, 0.6) is 0 Å². The van der Waals surface area contributed by atoms with E-state index >= 15 is 0 Å². The van der Waals surface area contributed by atoms with Crippen LogP contribution < -0.4 is 5.32 Å². The number of nitrogens with one attached hydrogen (secondary N) is 2. The molecule has 0 saturated carbocycles. The van der Waals surface area contributed by atoms with Crippen LogP contribution in [-0.4, -0.2) is 170 Å². The topological polar surface area (TPSA) is 270 Å². The van der Waals surface area contributed by atoms with Crippen molar-refractivity contribution in [3.63, 3.8) is 0 Å². The van der Waals surface area contributed by atoms with E-state index in [4.69, 9.17) is 33.8 Å². The van der Waals surface area contributed by atoms with Gasteiger partial charge in [0.05, 0.1) is 38.2 Å². The maximum Gasteiger partial charge on any atom is 0.217 e. The van der Waals surface area contributed by atoms with Gasteiger partial charge < -0.3 is 74.6 Å². The van der Waals surface area contributed by atoms with Crippen LogP contribution in [-0.2, 0) is 33.2 Å². The zero-order valence-corrected chi connectivity index (χ0v) is 23.4. The van der Waals surface area contributed by atoms with Gasteiger partial charge in [-0.3, -0.25) is 10.2 Å². The molecule has 3 rings (SSSR count). The SMILES string of the molecule is COC(=N)CS[C@@H]1OC(CO)[C@@H](O[C@@H]2OC(C)[C@@H](O)C(O)C2O)C(O[C@@H]2OC(CO)[C@H](O)C(O)C2O)C1NC(C)=O. The molecular formula is C23H40N2O15S. The Balaban J connectivity index is 1.99. The van der Waals surface area contributed by atoms with Crippen LogP contribution in [0.3, 0.4) is 0 Å². The summed E-state index contributed by atoms with van der Waals surface area (Å²) in [5, 5.41) is 92.3. The molecule has 3 saturated heterocycles. The average molecular weight is 617 g/mol. The summed E-state index contributed by atoms with van der Waals surface area (Å²) in [6, 6.07) is -1.16. The predicted octanol–water partition coefficient (Wildman–Crippen LogP) is -5.04. The first-order valence-corrected chi connectivity index (χ1v) is 14.0. The summed E-state index contributed by atoms with van der Waals surface area (Å²) in [5.74, 6) is -0.721. The van der Waals surface area contributed by atoms with E-state index in [9.17, 15) is 45.6 Å². The Labute approximate surface area is 239 Å². The predicted molar refractivity (Wildman–Crippen MR) is 136 cm³/mol. The Kier molecular flexibility index (Phi) is 12.5. The van der Waals surface area contributed by atoms with Crippen LogP contribution >= 0.6 is 11.8 Å². The molecule has 15 atom stereocenters. The van der Waals surface area contributed by atoms with Gasteiger partial charge in [0.15, 0.2) is 18.5 Å². The number of amides is 1. The van der Waals surface area contributed by atoms with Gasteiger partial charge in [-0.1, -0.05) is 0 Å². The highest BCUT2D eigenvalue weighted by Gasteiger charge is 2.54. The Morgan fingerprint density at radius 3 is 1.95 bits per heavy atom. The van der Waals surface area contributed by atoms with Crippen molar-refractivity contribution in [3.05, 3.63) is 0 Å². The maximum absolute atomic E-state index is 12.3. The number of rotatable bonds is 10. The number of hydrogen-bond acceptors (Lipinski definition) is 17. The number of thioether (sulfide) groups is 1. The van der Waals surface area contributed by atoms with E-state index in [2.05, 4.69) is 5.32 Å². The van der Waals surface area contributed by atoms with E-state index < -0.39 is 110 Å². The minimum Gasteiger partial charge on any atom is -0.484 e. The van der Waals surface area contributed by atoms with Crippen LogP contribution in [0.4, 0.5) is 0 Å². The monoisotopic (exact) mass is 616 g/mol. The van der Waals surface area contributed by atoms with Gasteiger partial charge in [0.2, 0.25) is 5.91 Å². The fourth-order valence-corrected chi connectivity index (χ4v) is 5.82. The van der Waals surface area contributed by atoms with Gasteiger partial charge in [-0.05, 0) is 6.92 Å². The second kappa shape index (κ2) is 15.0. The van der Waals surface area contributed by atoms with Gasteiger partial charge in [-0.15, -0.1) is 11.8 Å². The quantitative estimate of drug-likeness (QED) is 0.0812. The highest BCUT2D eigenvalue weighted by Crippen LogP contribution is 2.36. The first-order valence-electron chi connectivity index (χ1n) is 12.9. The van der Waals surface area contributed by atoms with Crippen molar-refractivity contribution in [2.75, 3.05) is 26.1 Å². The lowest BCUT2D eigenvalue weighted by Gasteiger charge is -2.50. The number of carbonyl (C=O) groups excluding carboxylic acids is 1. The summed E-state index contributed by atoms with van der Waals surface area (Å²) in [6.45, 7) is 1.18. The molecule has 0 spiro atoms. The number of aliphatic hydroxyl groups is 8. The molecule has 3 heterocycles. The van der Waals surface area contributed by atoms with Crippen molar-refractivity contribution >= 4 is 23.6 Å². The average Bonchev–Trinajstić information content (AvgIpc) is 2.95. The molecule has 9 unspecified atom stereocenters. The van der Waals surface area contributed by atoms with Crippen LogP contribution in [0, 0.1) is 5.41 Å². The van der Waals surface area contributed by atoms with E-state index in [1.54, 1.807) is 0 Å². The van der Waals surface area contributed by atoms with E-state index in [-0.39, 0.29) is 11.7 Å². The Morgan fingerprint density at radius 1 is 0.829 bits per heavy atom. The number of aliphatic hydroxyl groups excluding tert-OH is 8. The first-order chi connectivity index (χ1) is 19.3. The van der Waals surface area contributed by atoms with Gasteiger partial charge in [-0.25, -0.2) is 0 Å². The first kappa shape index (κ1) is 34.3. The summed E-state index contributed by atoms with van der Waals surface area (Å²) in [7, 11) is 1.29. The lowest BCUT2D eigenvalue weighted by Crippen LogP contribution is -2.69. The molecule has 238 valence electrons. The normalized spacial score (nSPS) is 45.2. The Morgan fingerprint density at radius 2 is 1.39 bits per heavy atom. The lowest BCUT2D eigenvalue weighted by molar-refractivity contribution is -0.357. The molecule has 41 heavy (non-hydrogen) atoms. The van der Waals surface area contributed by atoms with Crippen LogP contribution in [0.15, 0.2) is 0 Å². The van der Waals surface area contributed by atoms with Crippen molar-refractivity contribution < 1.29 is 74.1 Å². The smallest absolute Gasteiger partial charge is 0.217 e. The molecule has 3 aliphatic rings. The third kappa shape index (κ3) is 7.84. The number of carbonyl (C=O) groups is 1. The number of ether oxygens (including phenoxy) is 6. The summed E-state index contributed by atoms with van der Waals surface area (Å²) >= 11 is 1.00. The number of methoxy groups -OCH3 is 1. The highest BCUT2D eigenvalue weighted by molar-refractivity contribution is 8.00. The fraction of sp³-hybridized carbons (Fsp3) is 0.913. The molecule has 0 bridgehead atoms. The lowest BCUT2D eigenvalue weighted by atomic mass is 9.95. The Bertz CT molecular complexity index is 873. The molecule has 3 fully saturated rings. The summed E-state index contributed by atoms with van der Waals surface area (Å²) < 4.78 is 33.9. The summed E-state index contributed by atoms with van der Waals surface area (Å²) in [6.07, 6.45) is -19.9. The Hall–Kier alpha value is -1.23. The third-order valence-corrected chi connectivity index (χ3v) is 8.22. The van der Waals surface area contributed by atoms with Crippen molar-refractivity contribution in [3.8, 4) is 0 Å². The molecule has 0 aromatic carbocycles. The minimum atomic E-state index is -1.84. The highest BCUT2D eigenvalue weighted by atomic mass is 32.2. The van der Waals surface area contributed by atoms with Gasteiger partial charge >= 0.3 is 0 Å². The molecule has 10 N–H and O–H groups in total. The molecule has 18 heteroatoms. The van der Waals surface area contributed by atoms with Gasteiger partial charge in [0.25, 0.3) is 0 Å². The molecular weight excluding hydrogens is 576 g/mol. The minimum absolute atomic E-state index is 0.0280. The molecule has 0 aromatic rings. The molecule has 1 amide bonds. The molecule has 17 nitrogen and oxygen atoms in total. The molecule has 0 aliphatic carbocycles. The van der Waals surface area contributed by atoms with E-state index in [0.717, 1.165) is 11.8 Å². The second-order valence-electron chi connectivity index (χ2n) is 9.97. The molecule has 3 aliphatic heterocycles. The van der Waals surface area contributed by atoms with Gasteiger partial charge in [0.1, 0.15) is 66.5 Å². The third-order valence-electron chi connectivity index (χ3n) is 7.06. The maximum atomic E-state index is 12.3. The van der Waals surface area contributed by atoms with Crippen molar-refractivity contribution in [2.45, 2.75) is 105 Å². The number of hydrogen-bond donors (Lipinski definition) is 10. The van der Waals surface area contributed by atoms with Gasteiger partial charge in [0, 0.05) is 6.92 Å².